The number of carbonyl (C=O) groups is 11. The molecule has 4 rings (SSSR count). The minimum absolute atomic E-state index is 0.0489. The van der Waals surface area contributed by atoms with Gasteiger partial charge in [0.2, 0.25) is 59.1 Å². The number of carbonyl (C=O) groups excluding carboxylic acids is 11. The summed E-state index contributed by atoms with van der Waals surface area (Å²) in [7, 11) is 0. The standard InChI is InChI=1S/C49H62N12O12/c1-28(2)45(60-43(67)25-53-41(65)23-54-46(69)29(3)57-31(5)62)49(72)58-30(4)47(70)55-26-42(66)59-35(48(71)56-24-40(64)52-22-38(50)63)21-34-33-15-9-10-16-36(33)61(39-17-11-12-20-51-39)37(34)18-19-44(68)73-27-32-13-7-6-8-14-32/h6-17,20,28-30,35,45H,18-19,21-27H2,1-5H3,(H2,50,63)(H,52,64)(H,53,65)(H,54,69)(H,55,70)(H,56,71)(H,57,62)(H,58,72)(H,59,66)(H,60,67)/t29-,30-,35-,45-/m0/s1. The van der Waals surface area contributed by atoms with Gasteiger partial charge in [0.1, 0.15) is 36.6 Å². The van der Waals surface area contributed by atoms with E-state index < -0.39 is 128 Å². The molecular formula is C49H62N12O12. The summed E-state index contributed by atoms with van der Waals surface area (Å²) in [5.74, 6) is -7.85. The zero-order valence-corrected chi connectivity index (χ0v) is 41.1. The Morgan fingerprint density at radius 2 is 1.16 bits per heavy atom. The van der Waals surface area contributed by atoms with E-state index in [2.05, 4.69) is 52.8 Å². The molecular weight excluding hydrogens is 949 g/mol. The number of nitrogens with two attached hydrogens (primary N) is 1. The Hall–Kier alpha value is -8.70. The fraction of sp³-hybridized carbons (Fsp3) is 0.388. The van der Waals surface area contributed by atoms with Crippen LogP contribution in [-0.4, -0.2) is 131 Å². The van der Waals surface area contributed by atoms with Gasteiger partial charge in [-0.3, -0.25) is 57.3 Å². The summed E-state index contributed by atoms with van der Waals surface area (Å²) in [5.41, 5.74) is 7.72. The number of esters is 1. The van der Waals surface area contributed by atoms with Crippen LogP contribution < -0.4 is 53.6 Å². The molecule has 10 amide bonds. The number of nitrogens with one attached hydrogen (secondary N) is 9. The molecule has 4 atom stereocenters. The maximum Gasteiger partial charge on any atom is 0.306 e. The van der Waals surface area contributed by atoms with Crippen LogP contribution in [0.4, 0.5) is 0 Å². The molecule has 0 saturated heterocycles. The molecule has 2 aromatic carbocycles. The van der Waals surface area contributed by atoms with Crippen molar-refractivity contribution in [3.05, 3.63) is 95.8 Å². The van der Waals surface area contributed by atoms with Gasteiger partial charge < -0.3 is 58.3 Å². The Labute approximate surface area is 420 Å². The van der Waals surface area contributed by atoms with Crippen LogP contribution in [0.2, 0.25) is 0 Å². The van der Waals surface area contributed by atoms with Gasteiger partial charge in [0.25, 0.3) is 0 Å². The third-order valence-corrected chi connectivity index (χ3v) is 10.8. The lowest BCUT2D eigenvalue weighted by atomic mass is 9.99. The predicted octanol–water partition coefficient (Wildman–Crippen LogP) is -2.03. The van der Waals surface area contributed by atoms with E-state index in [1.807, 2.05) is 47.0 Å². The number of nitrogens with zero attached hydrogens (tertiary/aromatic N) is 2. The highest BCUT2D eigenvalue weighted by molar-refractivity contribution is 5.97. The molecule has 0 fully saturated rings. The SMILES string of the molecule is CC(=O)N[C@@H](C)C(=O)NCC(=O)NCC(=O)N[C@H](C(=O)N[C@@H](C)C(=O)NCC(=O)N[C@@H](Cc1c(CCC(=O)OCc2ccccc2)n(-c2ccccn2)c2ccccc12)C(=O)NCC(=O)NCC(N)=O)C(C)C. The van der Waals surface area contributed by atoms with Crippen molar-refractivity contribution in [1.82, 2.24) is 57.4 Å². The fourth-order valence-corrected chi connectivity index (χ4v) is 7.21. The molecule has 0 bridgehead atoms. The van der Waals surface area contributed by atoms with Crippen LogP contribution in [0.15, 0.2) is 79.0 Å². The van der Waals surface area contributed by atoms with Crippen LogP contribution in [0, 0.1) is 5.92 Å². The molecule has 0 aliphatic carbocycles. The molecule has 24 heteroatoms. The van der Waals surface area contributed by atoms with Gasteiger partial charge in [-0.1, -0.05) is 68.4 Å². The number of rotatable bonds is 27. The van der Waals surface area contributed by atoms with Gasteiger partial charge in [0.15, 0.2) is 0 Å². The number of fused-ring (bicyclic) bond motifs is 1. The summed E-state index contributed by atoms with van der Waals surface area (Å²) in [6.45, 7) is 4.47. The fourth-order valence-electron chi connectivity index (χ4n) is 7.21. The lowest BCUT2D eigenvalue weighted by Gasteiger charge is -2.24. The van der Waals surface area contributed by atoms with Crippen molar-refractivity contribution >= 4 is 75.9 Å². The first kappa shape index (κ1) is 56.9. The summed E-state index contributed by atoms with van der Waals surface area (Å²) >= 11 is 0. The van der Waals surface area contributed by atoms with Crippen molar-refractivity contribution in [2.75, 3.05) is 32.7 Å². The Bertz CT molecular complexity index is 2640. The average Bonchev–Trinajstić information content (AvgIpc) is 3.67. The predicted molar refractivity (Wildman–Crippen MR) is 263 cm³/mol. The molecule has 0 saturated carbocycles. The number of primary amides is 1. The van der Waals surface area contributed by atoms with E-state index in [-0.39, 0.29) is 25.9 Å². The zero-order valence-electron chi connectivity index (χ0n) is 41.1. The molecule has 4 aromatic rings. The topological polar surface area (TPSA) is 349 Å². The highest BCUT2D eigenvalue weighted by Crippen LogP contribution is 2.31. The van der Waals surface area contributed by atoms with Crippen molar-refractivity contribution in [2.45, 2.75) is 84.7 Å². The largest absolute Gasteiger partial charge is 0.461 e. The quantitative estimate of drug-likeness (QED) is 0.0289. The number of hydrogen-bond acceptors (Lipinski definition) is 13. The van der Waals surface area contributed by atoms with E-state index in [4.69, 9.17) is 10.5 Å². The van der Waals surface area contributed by atoms with E-state index in [0.717, 1.165) is 5.56 Å². The Kier molecular flexibility index (Phi) is 22.0. The molecule has 11 N–H and O–H groups in total. The number of para-hydroxylation sites is 1. The molecule has 2 aromatic heterocycles. The van der Waals surface area contributed by atoms with Gasteiger partial charge in [0.05, 0.1) is 44.7 Å². The second-order valence-electron chi connectivity index (χ2n) is 17.1. The molecule has 0 spiro atoms. The minimum atomic E-state index is -1.41. The highest BCUT2D eigenvalue weighted by atomic mass is 16.5. The smallest absolute Gasteiger partial charge is 0.306 e. The van der Waals surface area contributed by atoms with E-state index >= 15 is 0 Å². The monoisotopic (exact) mass is 1010 g/mol. The van der Waals surface area contributed by atoms with Gasteiger partial charge >= 0.3 is 5.97 Å². The van der Waals surface area contributed by atoms with Crippen LogP contribution in [0.5, 0.6) is 0 Å². The van der Waals surface area contributed by atoms with Crippen molar-refractivity contribution in [2.24, 2.45) is 11.7 Å². The van der Waals surface area contributed by atoms with Gasteiger partial charge in [-0.25, -0.2) is 4.98 Å². The summed E-state index contributed by atoms with van der Waals surface area (Å²) in [4.78, 5) is 144. The second-order valence-corrected chi connectivity index (χ2v) is 17.1. The maximum atomic E-state index is 14.0. The molecule has 0 aliphatic heterocycles. The van der Waals surface area contributed by atoms with E-state index in [1.54, 1.807) is 50.4 Å². The third kappa shape index (κ3) is 18.5. The first-order valence-electron chi connectivity index (χ1n) is 23.3. The van der Waals surface area contributed by atoms with Gasteiger partial charge in [0, 0.05) is 30.6 Å². The first-order chi connectivity index (χ1) is 34.7. The summed E-state index contributed by atoms with van der Waals surface area (Å²) < 4.78 is 7.42. The molecule has 73 heavy (non-hydrogen) atoms. The van der Waals surface area contributed by atoms with Crippen LogP contribution in [-0.2, 0) is 76.9 Å². The minimum Gasteiger partial charge on any atom is -0.461 e. The summed E-state index contributed by atoms with van der Waals surface area (Å²) in [6, 6.07) is 16.9. The first-order valence-corrected chi connectivity index (χ1v) is 23.3. The van der Waals surface area contributed by atoms with Gasteiger partial charge in [-0.05, 0) is 55.5 Å². The summed E-state index contributed by atoms with van der Waals surface area (Å²) in [6.07, 6.45) is 1.42. The van der Waals surface area contributed by atoms with Crippen molar-refractivity contribution in [3.8, 4) is 5.82 Å². The van der Waals surface area contributed by atoms with Crippen molar-refractivity contribution < 1.29 is 57.5 Å². The lowest BCUT2D eigenvalue weighted by molar-refractivity contribution is -0.145. The van der Waals surface area contributed by atoms with Crippen LogP contribution >= 0.6 is 0 Å². The molecule has 2 heterocycles. The molecule has 0 radical (unpaired) electrons. The van der Waals surface area contributed by atoms with Crippen molar-refractivity contribution in [1.29, 1.82) is 0 Å². The number of benzene rings is 2. The van der Waals surface area contributed by atoms with Crippen molar-refractivity contribution in [3.63, 3.8) is 0 Å². The molecule has 0 aliphatic rings. The average molecular weight is 1010 g/mol. The number of pyridine rings is 1. The normalized spacial score (nSPS) is 12.4. The number of amides is 10. The zero-order chi connectivity index (χ0) is 53.6. The molecule has 0 unspecified atom stereocenters. The lowest BCUT2D eigenvalue weighted by Crippen LogP contribution is -2.56. The Morgan fingerprint density at radius 1 is 0.603 bits per heavy atom. The Morgan fingerprint density at radius 3 is 1.78 bits per heavy atom. The van der Waals surface area contributed by atoms with Gasteiger partial charge in [-0.15, -0.1) is 0 Å². The van der Waals surface area contributed by atoms with Crippen LogP contribution in [0.1, 0.15) is 57.9 Å². The summed E-state index contributed by atoms with van der Waals surface area (Å²) in [5, 5.41) is 22.4. The second kappa shape index (κ2) is 28.2. The Balaban J connectivity index is 1.47. The highest BCUT2D eigenvalue weighted by Gasteiger charge is 2.30. The van der Waals surface area contributed by atoms with Gasteiger partial charge in [-0.2, -0.15) is 0 Å². The van der Waals surface area contributed by atoms with Crippen LogP contribution in [0.25, 0.3) is 16.7 Å². The van der Waals surface area contributed by atoms with E-state index in [1.165, 1.54) is 20.8 Å². The number of ether oxygens (including phenoxy) is 1. The molecule has 24 nitrogen and oxygen atoms in total. The maximum absolute atomic E-state index is 14.0. The van der Waals surface area contributed by atoms with Crippen LogP contribution in [0.3, 0.4) is 0 Å². The number of hydrogen-bond donors (Lipinski definition) is 10. The number of aromatic nitrogens is 2. The van der Waals surface area contributed by atoms with E-state index in [0.29, 0.717) is 28.0 Å². The third-order valence-electron chi connectivity index (χ3n) is 10.8. The van der Waals surface area contributed by atoms with E-state index in [9.17, 15) is 52.7 Å². The molecule has 390 valence electrons.